The lowest BCUT2D eigenvalue weighted by atomic mass is 9.90. The standard InChI is InChI=1S/C37H37FN4O4/c1-41(46-2)34(44)32-20-37(32)35(45)42(22-31(24-9-5-3-6-10-24)25-11-7-4-8-12-25)21-29-19-36(29,40-37)23-39-33(43)28-14-13-27-18-30(38)16-15-26(27)17-28/h3-18,29,31-32,40H,19-23H2,1-2H3,(H,39,43)/t29?,32-,36?,37?/m0/s1. The summed E-state index contributed by atoms with van der Waals surface area (Å²) in [7, 11) is 2.99. The van der Waals surface area contributed by atoms with E-state index in [1.54, 1.807) is 31.3 Å². The van der Waals surface area contributed by atoms with E-state index >= 15 is 0 Å². The second-order valence-electron chi connectivity index (χ2n) is 12.9. The van der Waals surface area contributed by atoms with E-state index in [-0.39, 0.29) is 35.4 Å². The van der Waals surface area contributed by atoms with Crippen LogP contribution in [0.4, 0.5) is 4.39 Å². The first kappa shape index (κ1) is 30.1. The molecule has 4 atom stereocenters. The normalized spacial score (nSPS) is 24.9. The number of carbonyl (C=O) groups is 3. The molecule has 3 unspecified atom stereocenters. The third-order valence-electron chi connectivity index (χ3n) is 10.1. The highest BCUT2D eigenvalue weighted by atomic mass is 19.1. The monoisotopic (exact) mass is 620 g/mol. The summed E-state index contributed by atoms with van der Waals surface area (Å²) in [5.41, 5.74) is 1.09. The smallest absolute Gasteiger partial charge is 0.251 e. The predicted octanol–water partition coefficient (Wildman–Crippen LogP) is 4.51. The van der Waals surface area contributed by atoms with Gasteiger partial charge in [0.05, 0.1) is 13.0 Å². The zero-order valence-electron chi connectivity index (χ0n) is 25.9. The minimum Gasteiger partial charge on any atom is -0.350 e. The van der Waals surface area contributed by atoms with Gasteiger partial charge in [0.2, 0.25) is 5.91 Å². The van der Waals surface area contributed by atoms with Crippen molar-refractivity contribution in [1.82, 2.24) is 20.6 Å². The molecule has 0 bridgehead atoms. The van der Waals surface area contributed by atoms with Crippen LogP contribution in [-0.4, -0.2) is 72.6 Å². The van der Waals surface area contributed by atoms with Crippen molar-refractivity contribution in [2.45, 2.75) is 29.8 Å². The lowest BCUT2D eigenvalue weighted by molar-refractivity contribution is -0.171. The molecule has 46 heavy (non-hydrogen) atoms. The molecule has 9 heteroatoms. The minimum absolute atomic E-state index is 0.0507. The summed E-state index contributed by atoms with van der Waals surface area (Å²) in [6.45, 7) is 1.29. The van der Waals surface area contributed by atoms with Gasteiger partial charge in [-0.05, 0) is 64.9 Å². The summed E-state index contributed by atoms with van der Waals surface area (Å²) in [5.74, 6) is -1.45. The van der Waals surface area contributed by atoms with Gasteiger partial charge in [-0.3, -0.25) is 24.5 Å². The number of rotatable bonds is 9. The molecule has 1 aliphatic heterocycles. The highest BCUT2D eigenvalue weighted by molar-refractivity contribution is 6.00. The fourth-order valence-electron chi connectivity index (χ4n) is 7.26. The van der Waals surface area contributed by atoms with Gasteiger partial charge >= 0.3 is 0 Å². The molecule has 1 heterocycles. The maximum absolute atomic E-state index is 14.5. The molecule has 7 rings (SSSR count). The van der Waals surface area contributed by atoms with Crippen molar-refractivity contribution in [2.75, 3.05) is 33.8 Å². The maximum Gasteiger partial charge on any atom is 0.251 e. The first-order valence-corrected chi connectivity index (χ1v) is 15.7. The highest BCUT2D eigenvalue weighted by Gasteiger charge is 2.73. The van der Waals surface area contributed by atoms with E-state index in [0.29, 0.717) is 31.6 Å². The Labute approximate surface area is 267 Å². The van der Waals surface area contributed by atoms with Crippen LogP contribution < -0.4 is 10.6 Å². The molecule has 3 amide bonds. The summed E-state index contributed by atoms with van der Waals surface area (Å²) < 4.78 is 13.7. The molecule has 1 spiro atoms. The summed E-state index contributed by atoms with van der Waals surface area (Å²) >= 11 is 0. The van der Waals surface area contributed by atoms with Gasteiger partial charge in [0.1, 0.15) is 11.4 Å². The summed E-state index contributed by atoms with van der Waals surface area (Å²) in [5, 5.41) is 9.43. The number of hydrogen-bond donors (Lipinski definition) is 2. The van der Waals surface area contributed by atoms with Crippen molar-refractivity contribution < 1.29 is 23.6 Å². The second kappa shape index (κ2) is 11.6. The molecule has 2 saturated carbocycles. The molecular weight excluding hydrogens is 583 g/mol. The minimum atomic E-state index is -1.08. The molecule has 1 saturated heterocycles. The summed E-state index contributed by atoms with van der Waals surface area (Å²) in [6, 6.07) is 30.0. The Balaban J connectivity index is 1.16. The van der Waals surface area contributed by atoms with Crippen molar-refractivity contribution in [3.8, 4) is 0 Å². The van der Waals surface area contributed by atoms with Crippen molar-refractivity contribution in [3.63, 3.8) is 0 Å². The molecule has 0 radical (unpaired) electrons. The molecule has 3 aliphatic rings. The van der Waals surface area contributed by atoms with Gasteiger partial charge in [0.15, 0.2) is 0 Å². The van der Waals surface area contributed by atoms with Crippen LogP contribution in [0.15, 0.2) is 97.1 Å². The lowest BCUT2D eigenvalue weighted by Gasteiger charge is -2.31. The molecule has 0 aromatic heterocycles. The number of amides is 3. The fourth-order valence-corrected chi connectivity index (χ4v) is 7.26. The van der Waals surface area contributed by atoms with Crippen LogP contribution in [0.1, 0.15) is 40.2 Å². The zero-order valence-corrected chi connectivity index (χ0v) is 25.9. The second-order valence-corrected chi connectivity index (χ2v) is 12.9. The number of benzene rings is 4. The summed E-state index contributed by atoms with van der Waals surface area (Å²) in [4.78, 5) is 48.3. The van der Waals surface area contributed by atoms with Crippen LogP contribution in [0.3, 0.4) is 0 Å². The van der Waals surface area contributed by atoms with E-state index in [9.17, 15) is 18.8 Å². The first-order valence-electron chi connectivity index (χ1n) is 15.7. The van der Waals surface area contributed by atoms with Crippen molar-refractivity contribution in [2.24, 2.45) is 11.8 Å². The van der Waals surface area contributed by atoms with Crippen LogP contribution in [0.2, 0.25) is 0 Å². The van der Waals surface area contributed by atoms with Gasteiger partial charge < -0.3 is 10.2 Å². The van der Waals surface area contributed by atoms with E-state index in [4.69, 9.17) is 4.84 Å². The number of carbonyl (C=O) groups excluding carboxylic acids is 3. The van der Waals surface area contributed by atoms with Crippen molar-refractivity contribution in [3.05, 3.63) is 120 Å². The van der Waals surface area contributed by atoms with Gasteiger partial charge in [0, 0.05) is 43.7 Å². The number of hydrogen-bond acceptors (Lipinski definition) is 5. The SMILES string of the molecule is CON(C)C(=O)[C@@H]1CC12NC1(CNC(=O)c3ccc4cc(F)ccc4c3)CC1CN(CC(c1ccccc1)c1ccccc1)C2=O. The topological polar surface area (TPSA) is 91.0 Å². The number of fused-ring (bicyclic) bond motifs is 2. The van der Waals surface area contributed by atoms with Gasteiger partial charge in [-0.1, -0.05) is 72.8 Å². The largest absolute Gasteiger partial charge is 0.350 e. The molecule has 2 N–H and O–H groups in total. The van der Waals surface area contributed by atoms with E-state index in [0.717, 1.165) is 28.3 Å². The number of nitrogens with one attached hydrogen (secondary N) is 2. The Kier molecular flexibility index (Phi) is 7.61. The van der Waals surface area contributed by atoms with Gasteiger partial charge in [-0.2, -0.15) is 0 Å². The zero-order chi connectivity index (χ0) is 32.1. The highest BCUT2D eigenvalue weighted by Crippen LogP contribution is 2.56. The van der Waals surface area contributed by atoms with Gasteiger partial charge in [0.25, 0.3) is 11.8 Å². The molecule has 4 aromatic carbocycles. The maximum atomic E-state index is 14.5. The molecular formula is C37H37FN4O4. The third-order valence-corrected chi connectivity index (χ3v) is 10.1. The first-order chi connectivity index (χ1) is 22.2. The lowest BCUT2D eigenvalue weighted by Crippen LogP contribution is -2.56. The molecule has 4 aromatic rings. The molecule has 3 fully saturated rings. The predicted molar refractivity (Wildman–Crippen MR) is 172 cm³/mol. The Hall–Kier alpha value is -4.60. The fraction of sp³-hybridized carbons (Fsp3) is 0.324. The third kappa shape index (κ3) is 5.43. The van der Waals surface area contributed by atoms with Crippen molar-refractivity contribution >= 4 is 28.5 Å². The Morgan fingerprint density at radius 1 is 0.978 bits per heavy atom. The number of hydroxylamine groups is 2. The van der Waals surface area contributed by atoms with Crippen molar-refractivity contribution in [1.29, 1.82) is 0 Å². The van der Waals surface area contributed by atoms with Crippen LogP contribution >= 0.6 is 0 Å². The van der Waals surface area contributed by atoms with Crippen LogP contribution in [-0.2, 0) is 14.4 Å². The Bertz CT molecular complexity index is 1760. The average molecular weight is 621 g/mol. The number of halogens is 1. The Morgan fingerprint density at radius 2 is 1.63 bits per heavy atom. The van der Waals surface area contributed by atoms with E-state index < -0.39 is 17.0 Å². The average Bonchev–Trinajstić information content (AvgIpc) is 4.00. The molecule has 236 valence electrons. The van der Waals surface area contributed by atoms with E-state index in [1.807, 2.05) is 41.3 Å². The quantitative estimate of drug-likeness (QED) is 0.269. The molecule has 2 aliphatic carbocycles. The van der Waals surface area contributed by atoms with Crippen LogP contribution in [0.5, 0.6) is 0 Å². The molecule has 8 nitrogen and oxygen atoms in total. The Morgan fingerprint density at radius 3 is 2.30 bits per heavy atom. The van der Waals surface area contributed by atoms with E-state index in [1.165, 1.54) is 24.3 Å². The van der Waals surface area contributed by atoms with Gasteiger partial charge in [-0.25, -0.2) is 9.45 Å². The number of nitrogens with zero attached hydrogens (tertiary/aromatic N) is 2. The van der Waals surface area contributed by atoms with Crippen LogP contribution in [0, 0.1) is 17.7 Å². The van der Waals surface area contributed by atoms with Gasteiger partial charge in [-0.15, -0.1) is 0 Å². The van der Waals surface area contributed by atoms with E-state index in [2.05, 4.69) is 34.9 Å². The summed E-state index contributed by atoms with van der Waals surface area (Å²) in [6.07, 6.45) is 1.12. The van der Waals surface area contributed by atoms with Crippen LogP contribution in [0.25, 0.3) is 10.8 Å².